The first-order valence-electron chi connectivity index (χ1n) is 5.87. The van der Waals surface area contributed by atoms with Gasteiger partial charge in [-0.3, -0.25) is 0 Å². The van der Waals surface area contributed by atoms with Crippen LogP contribution in [0.1, 0.15) is 50.5 Å². The molecule has 18 heavy (non-hydrogen) atoms. The molecule has 0 heterocycles. The summed E-state index contributed by atoms with van der Waals surface area (Å²) in [6.45, 7) is 9.88. The average molecular weight is 315 g/mol. The van der Waals surface area contributed by atoms with Gasteiger partial charge in [0, 0.05) is 0 Å². The minimum Gasteiger partial charge on any atom is -0.489 e. The number of halogens is 1. The molecule has 0 saturated carbocycles. The van der Waals surface area contributed by atoms with Crippen molar-refractivity contribution in [1.82, 2.24) is 0 Å². The summed E-state index contributed by atoms with van der Waals surface area (Å²) in [5.41, 5.74) is 1.05. The number of carbonyl (C=O) groups is 1. The summed E-state index contributed by atoms with van der Waals surface area (Å²) in [6.07, 6.45) is -0.0695. The fraction of sp³-hybridized carbons (Fsp3) is 0.500. The van der Waals surface area contributed by atoms with Gasteiger partial charge in [0.2, 0.25) is 0 Å². The van der Waals surface area contributed by atoms with Crippen molar-refractivity contribution in [1.29, 1.82) is 0 Å². The molecule has 0 atom stereocenters. The highest BCUT2D eigenvalue weighted by Gasteiger charge is 2.22. The van der Waals surface area contributed by atoms with Crippen LogP contribution in [0.2, 0.25) is 0 Å². The summed E-state index contributed by atoms with van der Waals surface area (Å²) in [6, 6.07) is 3.61. The van der Waals surface area contributed by atoms with Crippen LogP contribution in [-0.4, -0.2) is 17.2 Å². The second-order valence-corrected chi connectivity index (χ2v) is 6.41. The Bertz CT molecular complexity index is 459. The smallest absolute Gasteiger partial charge is 0.339 e. The third kappa shape index (κ3) is 3.48. The van der Waals surface area contributed by atoms with Crippen LogP contribution in [0.4, 0.5) is 0 Å². The van der Waals surface area contributed by atoms with E-state index in [4.69, 9.17) is 4.74 Å². The minimum atomic E-state index is -0.975. The van der Waals surface area contributed by atoms with E-state index in [0.717, 1.165) is 5.56 Å². The molecular formula is C14H19BrO3. The first-order chi connectivity index (χ1) is 8.12. The van der Waals surface area contributed by atoms with Crippen molar-refractivity contribution >= 4 is 21.9 Å². The van der Waals surface area contributed by atoms with E-state index in [9.17, 15) is 9.90 Å². The molecule has 4 heteroatoms. The Morgan fingerprint density at radius 3 is 2.28 bits per heavy atom. The lowest BCUT2D eigenvalue weighted by molar-refractivity contribution is 0.0690. The van der Waals surface area contributed by atoms with E-state index in [2.05, 4.69) is 15.9 Å². The molecule has 1 aromatic carbocycles. The lowest BCUT2D eigenvalue weighted by Gasteiger charge is -2.22. The van der Waals surface area contributed by atoms with Crippen molar-refractivity contribution in [3.8, 4) is 5.75 Å². The van der Waals surface area contributed by atoms with E-state index < -0.39 is 5.97 Å². The van der Waals surface area contributed by atoms with Gasteiger partial charge < -0.3 is 9.84 Å². The Morgan fingerprint density at radius 2 is 1.89 bits per heavy atom. The van der Waals surface area contributed by atoms with Crippen LogP contribution in [-0.2, 0) is 5.41 Å². The number of hydrogen-bond acceptors (Lipinski definition) is 2. The lowest BCUT2D eigenvalue weighted by Crippen LogP contribution is -2.15. The Kier molecular flexibility index (Phi) is 4.43. The van der Waals surface area contributed by atoms with E-state index in [-0.39, 0.29) is 17.1 Å². The molecular weight excluding hydrogens is 296 g/mol. The van der Waals surface area contributed by atoms with Crippen molar-refractivity contribution in [3.05, 3.63) is 27.7 Å². The predicted octanol–water partition coefficient (Wildman–Crippen LogP) is 4.23. The molecule has 0 aliphatic carbocycles. The summed E-state index contributed by atoms with van der Waals surface area (Å²) < 4.78 is 6.26. The van der Waals surface area contributed by atoms with Crippen LogP contribution in [0, 0.1) is 0 Å². The number of carboxylic acid groups (broad SMARTS) is 1. The van der Waals surface area contributed by atoms with Crippen molar-refractivity contribution in [3.63, 3.8) is 0 Å². The van der Waals surface area contributed by atoms with Gasteiger partial charge in [0.05, 0.1) is 10.6 Å². The van der Waals surface area contributed by atoms with E-state index in [0.29, 0.717) is 10.2 Å². The van der Waals surface area contributed by atoms with Crippen molar-refractivity contribution < 1.29 is 14.6 Å². The summed E-state index contributed by atoms with van der Waals surface area (Å²) in [5.74, 6) is -0.581. The fourth-order valence-electron chi connectivity index (χ4n) is 1.54. The van der Waals surface area contributed by atoms with Gasteiger partial charge in [-0.1, -0.05) is 20.8 Å². The van der Waals surface area contributed by atoms with Gasteiger partial charge in [-0.05, 0) is 52.9 Å². The summed E-state index contributed by atoms with van der Waals surface area (Å²) in [5, 5.41) is 9.29. The average Bonchev–Trinajstić information content (AvgIpc) is 2.17. The van der Waals surface area contributed by atoms with Crippen LogP contribution in [0.15, 0.2) is 16.6 Å². The third-order valence-electron chi connectivity index (χ3n) is 2.49. The van der Waals surface area contributed by atoms with Gasteiger partial charge in [0.1, 0.15) is 11.3 Å². The highest BCUT2D eigenvalue weighted by Crippen LogP contribution is 2.35. The van der Waals surface area contributed by atoms with Crippen LogP contribution < -0.4 is 4.74 Å². The number of carboxylic acids is 1. The molecule has 100 valence electrons. The molecule has 0 aliphatic rings. The number of ether oxygens (including phenoxy) is 1. The van der Waals surface area contributed by atoms with Crippen LogP contribution in [0.5, 0.6) is 5.75 Å². The van der Waals surface area contributed by atoms with Crippen molar-refractivity contribution in [2.24, 2.45) is 0 Å². The summed E-state index contributed by atoms with van der Waals surface area (Å²) in [4.78, 5) is 11.3. The zero-order valence-corrected chi connectivity index (χ0v) is 13.0. The Balaban J connectivity index is 3.41. The monoisotopic (exact) mass is 314 g/mol. The second-order valence-electron chi connectivity index (χ2n) is 5.56. The maximum absolute atomic E-state index is 11.3. The Labute approximate surface area is 116 Å². The van der Waals surface area contributed by atoms with Gasteiger partial charge in [-0.2, -0.15) is 0 Å². The van der Waals surface area contributed by atoms with Gasteiger partial charge in [-0.25, -0.2) is 4.79 Å². The molecule has 0 fully saturated rings. The minimum absolute atomic E-state index is 0.0695. The standard InChI is InChI=1S/C14H19BrO3/c1-8(2)18-12-10(13(16)17)6-9(7-11(12)15)14(3,4)5/h6-8H,1-5H3,(H,16,17). The number of aromatic carboxylic acids is 1. The summed E-state index contributed by atoms with van der Waals surface area (Å²) in [7, 11) is 0. The first-order valence-corrected chi connectivity index (χ1v) is 6.66. The SMILES string of the molecule is CC(C)Oc1c(Br)cc(C(C)(C)C)cc1C(=O)O. The van der Waals surface area contributed by atoms with E-state index in [1.165, 1.54) is 0 Å². The molecule has 0 saturated heterocycles. The van der Waals surface area contributed by atoms with E-state index >= 15 is 0 Å². The molecule has 0 amide bonds. The molecule has 0 aliphatic heterocycles. The Morgan fingerprint density at radius 1 is 1.33 bits per heavy atom. The van der Waals surface area contributed by atoms with Gasteiger partial charge >= 0.3 is 5.97 Å². The first kappa shape index (κ1) is 15.0. The lowest BCUT2D eigenvalue weighted by atomic mass is 9.86. The molecule has 0 spiro atoms. The van der Waals surface area contributed by atoms with Crippen LogP contribution in [0.25, 0.3) is 0 Å². The number of hydrogen-bond donors (Lipinski definition) is 1. The van der Waals surface area contributed by atoms with E-state index in [1.807, 2.05) is 40.7 Å². The topological polar surface area (TPSA) is 46.5 Å². The van der Waals surface area contributed by atoms with Crippen molar-refractivity contribution in [2.75, 3.05) is 0 Å². The molecule has 0 unspecified atom stereocenters. The largest absolute Gasteiger partial charge is 0.489 e. The fourth-order valence-corrected chi connectivity index (χ4v) is 2.09. The molecule has 1 rings (SSSR count). The maximum atomic E-state index is 11.3. The van der Waals surface area contributed by atoms with Gasteiger partial charge in [0.25, 0.3) is 0 Å². The zero-order valence-electron chi connectivity index (χ0n) is 11.4. The van der Waals surface area contributed by atoms with Gasteiger partial charge in [0.15, 0.2) is 0 Å². The molecule has 0 bridgehead atoms. The van der Waals surface area contributed by atoms with Crippen LogP contribution in [0.3, 0.4) is 0 Å². The normalized spacial score (nSPS) is 11.7. The van der Waals surface area contributed by atoms with E-state index in [1.54, 1.807) is 6.07 Å². The second kappa shape index (κ2) is 5.31. The molecule has 0 aromatic heterocycles. The molecule has 1 aromatic rings. The zero-order chi connectivity index (χ0) is 14.1. The van der Waals surface area contributed by atoms with Crippen LogP contribution >= 0.6 is 15.9 Å². The Hall–Kier alpha value is -1.03. The highest BCUT2D eigenvalue weighted by molar-refractivity contribution is 9.10. The predicted molar refractivity (Wildman–Crippen MR) is 75.6 cm³/mol. The maximum Gasteiger partial charge on any atom is 0.339 e. The number of benzene rings is 1. The molecule has 0 radical (unpaired) electrons. The van der Waals surface area contributed by atoms with Gasteiger partial charge in [-0.15, -0.1) is 0 Å². The summed E-state index contributed by atoms with van der Waals surface area (Å²) >= 11 is 3.40. The van der Waals surface area contributed by atoms with Crippen molar-refractivity contribution in [2.45, 2.75) is 46.1 Å². The quantitative estimate of drug-likeness (QED) is 0.908. The number of rotatable bonds is 3. The highest BCUT2D eigenvalue weighted by atomic mass is 79.9. The third-order valence-corrected chi connectivity index (χ3v) is 3.08. The molecule has 3 nitrogen and oxygen atoms in total. The molecule has 1 N–H and O–H groups in total.